The smallest absolute Gasteiger partial charge is 0.383 e. The molecule has 17 heavy (non-hydrogen) atoms. The molecule has 2 rings (SSSR count). The van der Waals surface area contributed by atoms with E-state index in [9.17, 15) is 0 Å². The molecule has 2 heterocycles. The summed E-state index contributed by atoms with van der Waals surface area (Å²) >= 11 is 0. The molecule has 0 radical (unpaired) electrons. The van der Waals surface area contributed by atoms with Crippen LogP contribution in [0.25, 0.3) is 0 Å². The summed E-state index contributed by atoms with van der Waals surface area (Å²) in [4.78, 5) is 0. The van der Waals surface area contributed by atoms with Crippen LogP contribution in [0.2, 0.25) is 0 Å². The molecule has 2 saturated heterocycles. The van der Waals surface area contributed by atoms with E-state index in [1.165, 1.54) is 0 Å². The van der Waals surface area contributed by atoms with Crippen LogP contribution in [0.3, 0.4) is 0 Å². The van der Waals surface area contributed by atoms with Crippen molar-refractivity contribution in [1.82, 2.24) is 0 Å². The monoisotopic (exact) mass is 244 g/mol. The normalized spacial score (nSPS) is 31.2. The van der Waals surface area contributed by atoms with Crippen LogP contribution in [0.1, 0.15) is 20.8 Å². The van der Waals surface area contributed by atoms with Crippen molar-refractivity contribution < 1.29 is 27.9 Å². The summed E-state index contributed by atoms with van der Waals surface area (Å²) in [6.45, 7) is 7.25. The molecule has 8 heteroatoms. The first-order valence-electron chi connectivity index (χ1n) is 5.94. The topological polar surface area (TPSA) is 55.4 Å². The van der Waals surface area contributed by atoms with Crippen molar-refractivity contribution in [3.05, 3.63) is 0 Å². The van der Waals surface area contributed by atoms with Gasteiger partial charge >= 0.3 is 14.6 Å². The van der Waals surface area contributed by atoms with E-state index in [-0.39, 0.29) is 18.3 Å². The van der Waals surface area contributed by atoms with E-state index in [0.29, 0.717) is 19.8 Å². The molecule has 0 bridgehead atoms. The summed E-state index contributed by atoms with van der Waals surface area (Å²) in [7, 11) is -1.17. The van der Waals surface area contributed by atoms with Gasteiger partial charge in [-0.2, -0.15) is 0 Å². The molecule has 0 spiro atoms. The van der Waals surface area contributed by atoms with Crippen molar-refractivity contribution in [2.24, 2.45) is 0 Å². The Morgan fingerprint density at radius 2 is 1.71 bits per heavy atom. The van der Waals surface area contributed by atoms with Gasteiger partial charge in [0.2, 0.25) is 0 Å². The van der Waals surface area contributed by atoms with Gasteiger partial charge < -0.3 is 27.9 Å². The second-order valence-corrected chi connectivity index (χ2v) is 4.42. The third-order valence-corrected chi connectivity index (χ3v) is 2.43. The predicted molar refractivity (Wildman–Crippen MR) is 61.0 cm³/mol. The number of rotatable bonds is 5. The van der Waals surface area contributed by atoms with E-state index < -0.39 is 14.6 Å². The highest BCUT2D eigenvalue weighted by Crippen LogP contribution is 2.12. The molecule has 0 aromatic heterocycles. The summed E-state index contributed by atoms with van der Waals surface area (Å²) in [6.07, 6.45) is 0.0162. The van der Waals surface area contributed by atoms with Gasteiger partial charge in [-0.15, -0.1) is 0 Å². The summed E-state index contributed by atoms with van der Waals surface area (Å²) in [6, 6.07) is 0. The van der Waals surface area contributed by atoms with Crippen LogP contribution in [0.15, 0.2) is 0 Å². The number of hydrogen-bond acceptors (Lipinski definition) is 6. The molecular weight excluding hydrogens is 226 g/mol. The predicted octanol–water partition coefficient (Wildman–Crippen LogP) is 0.248. The third-order valence-electron chi connectivity index (χ3n) is 2.43. The maximum atomic E-state index is 5.49. The fourth-order valence-corrected chi connectivity index (χ4v) is 1.57. The molecule has 0 aromatic rings. The molecule has 3 unspecified atom stereocenters. The average Bonchev–Trinajstić information content (AvgIpc) is 2.85. The zero-order valence-electron chi connectivity index (χ0n) is 10.5. The Hall–Kier alpha value is -0.110. The van der Waals surface area contributed by atoms with Gasteiger partial charge in [-0.3, -0.25) is 0 Å². The highest BCUT2D eigenvalue weighted by Gasteiger charge is 2.35. The van der Waals surface area contributed by atoms with Gasteiger partial charge in [0.25, 0.3) is 0 Å². The molecule has 2 aliphatic rings. The molecule has 0 N–H and O–H groups in total. The van der Waals surface area contributed by atoms with Gasteiger partial charge in [-0.05, 0) is 20.8 Å². The van der Waals surface area contributed by atoms with E-state index >= 15 is 0 Å². The average molecular weight is 244 g/mol. The Balaban J connectivity index is 1.59. The van der Waals surface area contributed by atoms with Crippen molar-refractivity contribution >= 4 is 14.6 Å². The maximum Gasteiger partial charge on any atom is 0.640 e. The molecule has 96 valence electrons. The minimum absolute atomic E-state index is 0.0791. The molecule has 0 aliphatic carbocycles. The third kappa shape index (κ3) is 4.24. The zero-order valence-corrected chi connectivity index (χ0v) is 10.5. The van der Waals surface area contributed by atoms with Crippen LogP contribution < -0.4 is 0 Å². The van der Waals surface area contributed by atoms with E-state index in [2.05, 4.69) is 0 Å². The fraction of sp³-hybridized carbons (Fsp3) is 1.00. The van der Waals surface area contributed by atoms with Crippen molar-refractivity contribution in [2.75, 3.05) is 19.8 Å². The fourth-order valence-electron chi connectivity index (χ4n) is 1.57. The van der Waals surface area contributed by atoms with E-state index in [1.54, 1.807) is 0 Å². The van der Waals surface area contributed by atoms with Crippen LogP contribution >= 0.6 is 0 Å². The van der Waals surface area contributed by atoms with Crippen molar-refractivity contribution in [3.63, 3.8) is 0 Å². The van der Waals surface area contributed by atoms with E-state index in [0.717, 1.165) is 0 Å². The minimum Gasteiger partial charge on any atom is -0.383 e. The Morgan fingerprint density at radius 3 is 2.24 bits per heavy atom. The number of hydrogen-bond donors (Lipinski definition) is 0. The first-order chi connectivity index (χ1) is 8.13. The van der Waals surface area contributed by atoms with Gasteiger partial charge in [-0.1, -0.05) is 0 Å². The zero-order chi connectivity index (χ0) is 12.3. The molecule has 6 nitrogen and oxygen atoms in total. The lowest BCUT2D eigenvalue weighted by Crippen LogP contribution is -2.32. The van der Waals surface area contributed by atoms with Crippen molar-refractivity contribution in [3.8, 4) is 0 Å². The summed E-state index contributed by atoms with van der Waals surface area (Å²) in [5.74, 6) is 0. The Bertz CT molecular complexity index is 244. The summed E-state index contributed by atoms with van der Waals surface area (Å²) < 4.78 is 32.1. The lowest BCUT2D eigenvalue weighted by Gasteiger charge is -2.15. The maximum absolute atomic E-state index is 5.49. The van der Waals surface area contributed by atoms with E-state index in [1.807, 2.05) is 20.8 Å². The van der Waals surface area contributed by atoms with Crippen LogP contribution in [0.4, 0.5) is 0 Å². The molecule has 0 saturated carbocycles. The van der Waals surface area contributed by atoms with Crippen LogP contribution in [-0.4, -0.2) is 52.8 Å². The Morgan fingerprint density at radius 1 is 1.12 bits per heavy atom. The van der Waals surface area contributed by atoms with Gasteiger partial charge in [-0.25, -0.2) is 0 Å². The SMILES string of the molecule is CC1COB(OCC(C)OB2OCC(C)O2)O1. The van der Waals surface area contributed by atoms with Gasteiger partial charge in [0, 0.05) is 0 Å². The summed E-state index contributed by atoms with van der Waals surface area (Å²) in [5.41, 5.74) is 0. The molecular formula is C9H18B2O6. The van der Waals surface area contributed by atoms with Gasteiger partial charge in [0.05, 0.1) is 38.1 Å². The van der Waals surface area contributed by atoms with Gasteiger partial charge in [0.1, 0.15) is 0 Å². The van der Waals surface area contributed by atoms with E-state index in [4.69, 9.17) is 27.9 Å². The summed E-state index contributed by atoms with van der Waals surface area (Å²) in [5, 5.41) is 0. The Kier molecular flexibility index (Phi) is 4.84. The molecule has 2 aliphatic heterocycles. The van der Waals surface area contributed by atoms with Crippen LogP contribution in [-0.2, 0) is 27.9 Å². The van der Waals surface area contributed by atoms with Crippen LogP contribution in [0, 0.1) is 0 Å². The van der Waals surface area contributed by atoms with Crippen molar-refractivity contribution in [1.29, 1.82) is 0 Å². The molecule has 0 aromatic carbocycles. The van der Waals surface area contributed by atoms with Gasteiger partial charge in [0.15, 0.2) is 0 Å². The first-order valence-corrected chi connectivity index (χ1v) is 5.94. The second kappa shape index (κ2) is 6.17. The standard InChI is InChI=1S/C9H18B2O6/c1-7-4-12-10(15-7)13-5-8(2)16-11-14-6-9(3)17-11/h7-9H,4-6H2,1-3H3. The molecule has 3 atom stereocenters. The Labute approximate surface area is 102 Å². The minimum atomic E-state index is -0.590. The molecule has 0 amide bonds. The highest BCUT2D eigenvalue weighted by atomic mass is 16.8. The van der Waals surface area contributed by atoms with Crippen molar-refractivity contribution in [2.45, 2.75) is 39.1 Å². The lowest BCUT2D eigenvalue weighted by atomic mass is 10.2. The van der Waals surface area contributed by atoms with Crippen LogP contribution in [0.5, 0.6) is 0 Å². The highest BCUT2D eigenvalue weighted by molar-refractivity contribution is 6.37. The quantitative estimate of drug-likeness (QED) is 0.646. The second-order valence-electron chi connectivity index (χ2n) is 4.42. The largest absolute Gasteiger partial charge is 0.640 e. The first kappa shape index (κ1) is 13.3. The molecule has 2 fully saturated rings. The lowest BCUT2D eigenvalue weighted by molar-refractivity contribution is 0.0602.